The molecule has 0 unspecified atom stereocenters. The average molecular weight is 312 g/mol. The Morgan fingerprint density at radius 1 is 1.26 bits per heavy atom. The minimum Gasteiger partial charge on any atom is -0.338 e. The molecule has 0 spiro atoms. The van der Waals surface area contributed by atoms with Crippen molar-refractivity contribution < 1.29 is 9.59 Å². The molecule has 1 fully saturated rings. The van der Waals surface area contributed by atoms with Crippen LogP contribution in [0, 0.1) is 5.92 Å². The fraction of sp³-hybridized carbons (Fsp3) is 0.368. The van der Waals surface area contributed by atoms with Gasteiger partial charge in [0.2, 0.25) is 11.8 Å². The molecule has 0 bridgehead atoms. The first-order valence-electron chi connectivity index (χ1n) is 7.91. The lowest BCUT2D eigenvalue weighted by molar-refractivity contribution is -0.146. The SMILES string of the molecule is C=CCN(CC=C)C(=O)[C@H]1CCC(=O)N(C)[C@H]1c1ccccc1. The van der Waals surface area contributed by atoms with E-state index in [-0.39, 0.29) is 23.8 Å². The zero-order valence-corrected chi connectivity index (χ0v) is 13.6. The first-order valence-corrected chi connectivity index (χ1v) is 7.91. The number of nitrogens with zero attached hydrogens (tertiary/aromatic N) is 2. The summed E-state index contributed by atoms with van der Waals surface area (Å²) in [6.45, 7) is 8.42. The van der Waals surface area contributed by atoms with Gasteiger partial charge in [-0.3, -0.25) is 9.59 Å². The van der Waals surface area contributed by atoms with E-state index in [4.69, 9.17) is 0 Å². The molecule has 1 aromatic carbocycles. The van der Waals surface area contributed by atoms with Gasteiger partial charge in [0.15, 0.2) is 0 Å². The Labute approximate surface area is 138 Å². The number of hydrogen-bond donors (Lipinski definition) is 0. The Morgan fingerprint density at radius 3 is 2.43 bits per heavy atom. The fourth-order valence-corrected chi connectivity index (χ4v) is 3.20. The maximum Gasteiger partial charge on any atom is 0.228 e. The van der Waals surface area contributed by atoms with Crippen molar-refractivity contribution in [3.8, 4) is 0 Å². The Bertz CT molecular complexity index is 572. The second-order valence-corrected chi connectivity index (χ2v) is 5.83. The number of likely N-dealkylation sites (tertiary alicyclic amines) is 1. The van der Waals surface area contributed by atoms with Crippen LogP contribution in [0.2, 0.25) is 0 Å². The van der Waals surface area contributed by atoms with Crippen molar-refractivity contribution in [3.05, 3.63) is 61.2 Å². The van der Waals surface area contributed by atoms with E-state index in [0.717, 1.165) is 5.56 Å². The van der Waals surface area contributed by atoms with Gasteiger partial charge in [-0.25, -0.2) is 0 Å². The summed E-state index contributed by atoms with van der Waals surface area (Å²) < 4.78 is 0. The van der Waals surface area contributed by atoms with Crippen molar-refractivity contribution in [1.29, 1.82) is 0 Å². The highest BCUT2D eigenvalue weighted by molar-refractivity contribution is 5.85. The largest absolute Gasteiger partial charge is 0.338 e. The molecule has 1 heterocycles. The number of piperidine rings is 1. The van der Waals surface area contributed by atoms with E-state index in [1.807, 2.05) is 30.3 Å². The lowest BCUT2D eigenvalue weighted by atomic mass is 9.83. The van der Waals surface area contributed by atoms with Gasteiger partial charge in [0.1, 0.15) is 0 Å². The van der Waals surface area contributed by atoms with Crippen molar-refractivity contribution in [2.75, 3.05) is 20.1 Å². The second kappa shape index (κ2) is 7.77. The summed E-state index contributed by atoms with van der Waals surface area (Å²) in [5, 5.41) is 0. The third-order valence-electron chi connectivity index (χ3n) is 4.33. The normalized spacial score (nSPS) is 20.9. The van der Waals surface area contributed by atoms with Crippen LogP contribution in [0.15, 0.2) is 55.6 Å². The number of rotatable bonds is 6. The molecule has 0 aromatic heterocycles. The van der Waals surface area contributed by atoms with Crippen molar-refractivity contribution in [3.63, 3.8) is 0 Å². The molecule has 1 aromatic rings. The van der Waals surface area contributed by atoms with Gasteiger partial charge in [-0.15, -0.1) is 13.2 Å². The summed E-state index contributed by atoms with van der Waals surface area (Å²) in [6, 6.07) is 9.55. The van der Waals surface area contributed by atoms with Gasteiger partial charge < -0.3 is 9.80 Å². The Morgan fingerprint density at radius 2 is 1.87 bits per heavy atom. The highest BCUT2D eigenvalue weighted by atomic mass is 16.2. The first kappa shape index (κ1) is 17.0. The van der Waals surface area contributed by atoms with E-state index in [2.05, 4.69) is 13.2 Å². The first-order chi connectivity index (χ1) is 11.1. The van der Waals surface area contributed by atoms with Crippen LogP contribution in [0.5, 0.6) is 0 Å². The molecule has 4 heteroatoms. The fourth-order valence-electron chi connectivity index (χ4n) is 3.20. The topological polar surface area (TPSA) is 40.6 Å². The van der Waals surface area contributed by atoms with E-state index < -0.39 is 0 Å². The highest BCUT2D eigenvalue weighted by Gasteiger charge is 2.40. The number of carbonyl (C=O) groups excluding carboxylic acids is 2. The van der Waals surface area contributed by atoms with Crippen LogP contribution < -0.4 is 0 Å². The molecule has 4 nitrogen and oxygen atoms in total. The quantitative estimate of drug-likeness (QED) is 0.758. The number of benzene rings is 1. The highest BCUT2D eigenvalue weighted by Crippen LogP contribution is 2.36. The predicted molar refractivity (Wildman–Crippen MR) is 91.7 cm³/mol. The van der Waals surface area contributed by atoms with Crippen molar-refractivity contribution in [2.24, 2.45) is 5.92 Å². The van der Waals surface area contributed by atoms with E-state index in [9.17, 15) is 9.59 Å². The van der Waals surface area contributed by atoms with Crippen LogP contribution in [-0.4, -0.2) is 41.8 Å². The summed E-state index contributed by atoms with van der Waals surface area (Å²) in [5.74, 6) is -0.0973. The second-order valence-electron chi connectivity index (χ2n) is 5.83. The van der Waals surface area contributed by atoms with Crippen molar-refractivity contribution in [1.82, 2.24) is 9.80 Å². The van der Waals surface area contributed by atoms with Gasteiger partial charge in [0.25, 0.3) is 0 Å². The van der Waals surface area contributed by atoms with Crippen LogP contribution >= 0.6 is 0 Å². The summed E-state index contributed by atoms with van der Waals surface area (Å²) in [4.78, 5) is 28.6. The monoisotopic (exact) mass is 312 g/mol. The van der Waals surface area contributed by atoms with Crippen LogP contribution in [0.3, 0.4) is 0 Å². The van der Waals surface area contributed by atoms with E-state index >= 15 is 0 Å². The smallest absolute Gasteiger partial charge is 0.228 e. The summed E-state index contributed by atoms with van der Waals surface area (Å²) >= 11 is 0. The van der Waals surface area contributed by atoms with Crippen molar-refractivity contribution in [2.45, 2.75) is 18.9 Å². The predicted octanol–water partition coefficient (Wildman–Crippen LogP) is 2.80. The lowest BCUT2D eigenvalue weighted by Crippen LogP contribution is -2.47. The van der Waals surface area contributed by atoms with Gasteiger partial charge in [-0.2, -0.15) is 0 Å². The Balaban J connectivity index is 2.33. The zero-order valence-electron chi connectivity index (χ0n) is 13.6. The molecule has 0 aliphatic carbocycles. The molecule has 1 aliphatic heterocycles. The van der Waals surface area contributed by atoms with Crippen LogP contribution in [-0.2, 0) is 9.59 Å². The molecule has 23 heavy (non-hydrogen) atoms. The van der Waals surface area contributed by atoms with Gasteiger partial charge >= 0.3 is 0 Å². The minimum absolute atomic E-state index is 0.0537. The Kier molecular flexibility index (Phi) is 5.74. The molecular formula is C19H24N2O2. The molecule has 1 aliphatic rings. The van der Waals surface area contributed by atoms with E-state index in [0.29, 0.717) is 25.9 Å². The molecule has 2 atom stereocenters. The average Bonchev–Trinajstić information content (AvgIpc) is 2.57. The standard InChI is InChI=1S/C19H24N2O2/c1-4-13-21(14-5-2)19(23)16-11-12-17(22)20(3)18(16)15-9-7-6-8-10-15/h4-10,16,18H,1-2,11-14H2,3H3/t16-,18-/m0/s1. The van der Waals surface area contributed by atoms with Gasteiger partial charge in [0.05, 0.1) is 12.0 Å². The summed E-state index contributed by atoms with van der Waals surface area (Å²) in [7, 11) is 1.78. The van der Waals surface area contributed by atoms with Gasteiger partial charge in [0, 0.05) is 26.6 Å². The van der Waals surface area contributed by atoms with E-state index in [1.165, 1.54) is 0 Å². The third-order valence-corrected chi connectivity index (χ3v) is 4.33. The number of carbonyl (C=O) groups is 2. The Hall–Kier alpha value is -2.36. The molecule has 0 N–H and O–H groups in total. The number of amides is 2. The van der Waals surface area contributed by atoms with Crippen LogP contribution in [0.4, 0.5) is 0 Å². The van der Waals surface area contributed by atoms with Gasteiger partial charge in [-0.05, 0) is 12.0 Å². The van der Waals surface area contributed by atoms with E-state index in [1.54, 1.807) is 29.0 Å². The molecule has 0 radical (unpaired) electrons. The molecule has 0 saturated carbocycles. The van der Waals surface area contributed by atoms with Crippen LogP contribution in [0.1, 0.15) is 24.4 Å². The maximum atomic E-state index is 13.0. The maximum absolute atomic E-state index is 13.0. The van der Waals surface area contributed by atoms with Crippen LogP contribution in [0.25, 0.3) is 0 Å². The molecule has 2 amide bonds. The minimum atomic E-state index is -0.236. The summed E-state index contributed by atoms with van der Waals surface area (Å²) in [6.07, 6.45) is 4.42. The lowest BCUT2D eigenvalue weighted by Gasteiger charge is -2.40. The molecular weight excluding hydrogens is 288 g/mol. The number of hydrogen-bond acceptors (Lipinski definition) is 2. The van der Waals surface area contributed by atoms with Crippen molar-refractivity contribution >= 4 is 11.8 Å². The summed E-state index contributed by atoms with van der Waals surface area (Å²) in [5.41, 5.74) is 0.999. The third kappa shape index (κ3) is 3.70. The molecule has 122 valence electrons. The van der Waals surface area contributed by atoms with Gasteiger partial charge in [-0.1, -0.05) is 42.5 Å². The zero-order chi connectivity index (χ0) is 16.8. The molecule has 2 rings (SSSR count). The molecule has 1 saturated heterocycles.